The molecule has 2 aliphatic carbocycles. The molecule has 0 aliphatic heterocycles. The van der Waals surface area contributed by atoms with Crippen LogP contribution < -0.4 is 5.32 Å². The van der Waals surface area contributed by atoms with Crippen molar-refractivity contribution in [3.05, 3.63) is 29.3 Å². The third-order valence-electron chi connectivity index (χ3n) is 9.09. The summed E-state index contributed by atoms with van der Waals surface area (Å²) in [5, 5.41) is 3.63. The molecule has 176 valence electrons. The van der Waals surface area contributed by atoms with E-state index in [0.717, 1.165) is 18.4 Å². The molecule has 0 spiro atoms. The van der Waals surface area contributed by atoms with Gasteiger partial charge >= 0.3 is 0 Å². The minimum absolute atomic E-state index is 0.701. The zero-order valence-electron chi connectivity index (χ0n) is 21.3. The average Bonchev–Trinajstić information content (AvgIpc) is 2.80. The SMILES string of the molecule is CCCCCC1(C2CCC(C(C)c3ccc(NCCCC)c(C)c3)CC2)CCCCC1. The Bertz CT molecular complexity index is 634. The van der Waals surface area contributed by atoms with Crippen molar-refractivity contribution in [2.45, 2.75) is 130 Å². The molecule has 0 amide bonds. The highest BCUT2D eigenvalue weighted by Gasteiger charge is 2.41. The predicted molar refractivity (Wildman–Crippen MR) is 138 cm³/mol. The summed E-state index contributed by atoms with van der Waals surface area (Å²) in [6.07, 6.45) is 21.8. The Balaban J connectivity index is 1.57. The number of nitrogens with one attached hydrogen (secondary N) is 1. The molecule has 1 atom stereocenters. The number of hydrogen-bond donors (Lipinski definition) is 1. The largest absolute Gasteiger partial charge is 0.385 e. The molecule has 1 unspecified atom stereocenters. The van der Waals surface area contributed by atoms with Crippen molar-refractivity contribution in [3.8, 4) is 0 Å². The van der Waals surface area contributed by atoms with Gasteiger partial charge in [-0.05, 0) is 98.7 Å². The van der Waals surface area contributed by atoms with Gasteiger partial charge in [0.1, 0.15) is 0 Å². The van der Waals surface area contributed by atoms with Crippen LogP contribution in [0.5, 0.6) is 0 Å². The van der Waals surface area contributed by atoms with E-state index in [1.54, 1.807) is 5.56 Å². The maximum absolute atomic E-state index is 3.63. The molecule has 0 heterocycles. The van der Waals surface area contributed by atoms with Crippen LogP contribution in [-0.2, 0) is 0 Å². The van der Waals surface area contributed by atoms with Gasteiger partial charge in [0.25, 0.3) is 0 Å². The number of anilines is 1. The van der Waals surface area contributed by atoms with Crippen molar-refractivity contribution in [2.75, 3.05) is 11.9 Å². The molecule has 1 nitrogen and oxygen atoms in total. The van der Waals surface area contributed by atoms with Gasteiger partial charge in [-0.25, -0.2) is 0 Å². The lowest BCUT2D eigenvalue weighted by Crippen LogP contribution is -2.36. The van der Waals surface area contributed by atoms with Gasteiger partial charge in [-0.1, -0.05) is 77.8 Å². The molecule has 2 aliphatic rings. The lowest BCUT2D eigenvalue weighted by Gasteiger charge is -2.47. The van der Waals surface area contributed by atoms with E-state index in [4.69, 9.17) is 0 Å². The Morgan fingerprint density at radius 2 is 1.65 bits per heavy atom. The molecule has 0 bridgehead atoms. The van der Waals surface area contributed by atoms with Gasteiger partial charge in [-0.3, -0.25) is 0 Å². The Labute approximate surface area is 194 Å². The fraction of sp³-hybridized carbons (Fsp3) is 0.800. The molecule has 1 aromatic rings. The van der Waals surface area contributed by atoms with Crippen molar-refractivity contribution in [1.82, 2.24) is 0 Å². The lowest BCUT2D eigenvalue weighted by molar-refractivity contribution is 0.0409. The highest BCUT2D eigenvalue weighted by Crippen LogP contribution is 2.53. The maximum atomic E-state index is 3.63. The number of benzene rings is 1. The summed E-state index contributed by atoms with van der Waals surface area (Å²) in [7, 11) is 0. The lowest BCUT2D eigenvalue weighted by atomic mass is 9.58. The summed E-state index contributed by atoms with van der Waals surface area (Å²) in [5.41, 5.74) is 5.03. The smallest absolute Gasteiger partial charge is 0.0370 e. The molecule has 2 fully saturated rings. The first-order valence-electron chi connectivity index (χ1n) is 13.9. The van der Waals surface area contributed by atoms with E-state index < -0.39 is 0 Å². The first kappa shape index (κ1) is 24.7. The maximum Gasteiger partial charge on any atom is 0.0370 e. The average molecular weight is 426 g/mol. The molecule has 0 saturated heterocycles. The zero-order chi connectivity index (χ0) is 22.1. The number of aryl methyl sites for hydroxylation is 1. The highest BCUT2D eigenvalue weighted by molar-refractivity contribution is 5.52. The topological polar surface area (TPSA) is 12.0 Å². The molecule has 31 heavy (non-hydrogen) atoms. The van der Waals surface area contributed by atoms with E-state index in [1.165, 1.54) is 108 Å². The Morgan fingerprint density at radius 3 is 2.29 bits per heavy atom. The highest BCUT2D eigenvalue weighted by atomic mass is 14.9. The quantitative estimate of drug-likeness (QED) is 0.348. The van der Waals surface area contributed by atoms with E-state index in [1.807, 2.05) is 0 Å². The van der Waals surface area contributed by atoms with Crippen LogP contribution in [0.2, 0.25) is 0 Å². The molecule has 3 rings (SSSR count). The number of unbranched alkanes of at least 4 members (excludes halogenated alkanes) is 3. The third kappa shape index (κ3) is 6.52. The summed E-state index contributed by atoms with van der Waals surface area (Å²) < 4.78 is 0. The van der Waals surface area contributed by atoms with Crippen molar-refractivity contribution in [1.29, 1.82) is 0 Å². The molecule has 1 aromatic carbocycles. The van der Waals surface area contributed by atoms with E-state index in [-0.39, 0.29) is 0 Å². The summed E-state index contributed by atoms with van der Waals surface area (Å²) in [4.78, 5) is 0. The predicted octanol–water partition coefficient (Wildman–Crippen LogP) is 9.65. The molecular weight excluding hydrogens is 374 g/mol. The second kappa shape index (κ2) is 12.3. The van der Waals surface area contributed by atoms with Crippen LogP contribution in [0.15, 0.2) is 18.2 Å². The van der Waals surface area contributed by atoms with Gasteiger partial charge in [0.15, 0.2) is 0 Å². The number of rotatable bonds is 11. The molecule has 0 aromatic heterocycles. The third-order valence-corrected chi connectivity index (χ3v) is 9.09. The van der Waals surface area contributed by atoms with Crippen LogP contribution in [0.25, 0.3) is 0 Å². The molecular formula is C30H51N. The van der Waals surface area contributed by atoms with E-state index in [9.17, 15) is 0 Å². The first-order valence-corrected chi connectivity index (χ1v) is 13.9. The molecule has 2 saturated carbocycles. The minimum Gasteiger partial charge on any atom is -0.385 e. The fourth-order valence-electron chi connectivity index (χ4n) is 6.92. The Kier molecular flexibility index (Phi) is 9.79. The summed E-state index contributed by atoms with van der Waals surface area (Å²) in [6, 6.07) is 7.22. The van der Waals surface area contributed by atoms with Crippen LogP contribution in [0.4, 0.5) is 5.69 Å². The van der Waals surface area contributed by atoms with Gasteiger partial charge < -0.3 is 5.32 Å². The standard InChI is InChI=1S/C30H51N/c1-5-7-10-19-30(20-11-9-12-21-30)28-16-13-26(14-17-28)25(4)27-15-18-29(24(3)23-27)31-22-8-6-2/h15,18,23,25-26,28,31H,5-14,16-17,19-22H2,1-4H3. The van der Waals surface area contributed by atoms with Crippen LogP contribution in [0, 0.1) is 24.2 Å². The van der Waals surface area contributed by atoms with Crippen molar-refractivity contribution < 1.29 is 0 Å². The minimum atomic E-state index is 0.701. The first-order chi connectivity index (χ1) is 15.1. The van der Waals surface area contributed by atoms with Crippen molar-refractivity contribution in [2.24, 2.45) is 17.3 Å². The van der Waals surface area contributed by atoms with Gasteiger partial charge in [0, 0.05) is 12.2 Å². The fourth-order valence-corrected chi connectivity index (χ4v) is 6.92. The van der Waals surface area contributed by atoms with Crippen LogP contribution in [0.1, 0.15) is 134 Å². The normalized spacial score (nSPS) is 24.6. The Hall–Kier alpha value is -0.980. The second-order valence-corrected chi connectivity index (χ2v) is 11.1. The molecule has 1 heteroatoms. The summed E-state index contributed by atoms with van der Waals surface area (Å²) in [6.45, 7) is 10.5. The monoisotopic (exact) mass is 425 g/mol. The van der Waals surface area contributed by atoms with E-state index in [2.05, 4.69) is 51.2 Å². The molecule has 0 radical (unpaired) electrons. The number of hydrogen-bond acceptors (Lipinski definition) is 1. The van der Waals surface area contributed by atoms with Gasteiger partial charge in [0.05, 0.1) is 0 Å². The van der Waals surface area contributed by atoms with Crippen LogP contribution in [0.3, 0.4) is 0 Å². The van der Waals surface area contributed by atoms with Gasteiger partial charge in [0.2, 0.25) is 0 Å². The zero-order valence-corrected chi connectivity index (χ0v) is 21.3. The van der Waals surface area contributed by atoms with Gasteiger partial charge in [-0.2, -0.15) is 0 Å². The van der Waals surface area contributed by atoms with Crippen molar-refractivity contribution in [3.63, 3.8) is 0 Å². The summed E-state index contributed by atoms with van der Waals surface area (Å²) in [5.74, 6) is 2.59. The van der Waals surface area contributed by atoms with Crippen molar-refractivity contribution >= 4 is 5.69 Å². The van der Waals surface area contributed by atoms with Crippen LogP contribution >= 0.6 is 0 Å². The Morgan fingerprint density at radius 1 is 0.935 bits per heavy atom. The summed E-state index contributed by atoms with van der Waals surface area (Å²) >= 11 is 0. The second-order valence-electron chi connectivity index (χ2n) is 11.1. The van der Waals surface area contributed by atoms with Gasteiger partial charge in [-0.15, -0.1) is 0 Å². The van der Waals surface area contributed by atoms with E-state index in [0.29, 0.717) is 11.3 Å². The molecule has 1 N–H and O–H groups in total. The van der Waals surface area contributed by atoms with Crippen LogP contribution in [-0.4, -0.2) is 6.54 Å². The van der Waals surface area contributed by atoms with E-state index >= 15 is 0 Å².